The number of hydrogen-bond acceptors (Lipinski definition) is 7. The molecule has 3 aromatic heterocycles. The zero-order valence-electron chi connectivity index (χ0n) is 19.5. The molecule has 1 saturated carbocycles. The van der Waals surface area contributed by atoms with E-state index in [1.165, 1.54) is 43.9 Å². The van der Waals surface area contributed by atoms with Crippen molar-refractivity contribution in [1.82, 2.24) is 19.1 Å². The lowest BCUT2D eigenvalue weighted by Gasteiger charge is -2.14. The third kappa shape index (κ3) is 4.48. The van der Waals surface area contributed by atoms with Crippen LogP contribution in [0.15, 0.2) is 32.3 Å². The van der Waals surface area contributed by atoms with Crippen LogP contribution in [0.1, 0.15) is 32.4 Å². The molecule has 9 nitrogen and oxygen atoms in total. The summed E-state index contributed by atoms with van der Waals surface area (Å²) in [7, 11) is -5.05. The van der Waals surface area contributed by atoms with E-state index in [1.54, 1.807) is 0 Å². The van der Waals surface area contributed by atoms with Gasteiger partial charge in [-0.15, -0.1) is 0 Å². The molecule has 190 valence electrons. The Bertz CT molecular complexity index is 1630. The molecule has 0 spiro atoms. The van der Waals surface area contributed by atoms with E-state index in [0.717, 1.165) is 18.9 Å². The van der Waals surface area contributed by atoms with Gasteiger partial charge in [-0.2, -0.15) is 17.5 Å². The van der Waals surface area contributed by atoms with Gasteiger partial charge in [0.25, 0.3) is 5.56 Å². The van der Waals surface area contributed by atoms with Crippen molar-refractivity contribution in [2.45, 2.75) is 49.6 Å². The molecule has 3 aromatic rings. The van der Waals surface area contributed by atoms with Crippen molar-refractivity contribution in [1.29, 1.82) is 0 Å². The van der Waals surface area contributed by atoms with Gasteiger partial charge in [-0.25, -0.2) is 22.6 Å². The van der Waals surface area contributed by atoms with Crippen molar-refractivity contribution in [3.05, 3.63) is 34.2 Å². The van der Waals surface area contributed by atoms with Gasteiger partial charge in [0, 0.05) is 25.1 Å². The van der Waals surface area contributed by atoms with Crippen LogP contribution in [0.4, 0.5) is 19.0 Å². The van der Waals surface area contributed by atoms with Gasteiger partial charge in [0.2, 0.25) is 0 Å². The summed E-state index contributed by atoms with van der Waals surface area (Å²) < 4.78 is 85.3. The number of nitrogens with zero attached hydrogens (tertiary/aromatic N) is 5. The summed E-state index contributed by atoms with van der Waals surface area (Å²) in [5, 5.41) is -0.0733. The SMILES string of the molecule is CCn1c(C(F)(F)F)cc2nc(-c3nc(N=S(C)(=O)C4CC4)ccc3S(=O)(=O)CC)n(C)c2c1=O. The van der Waals surface area contributed by atoms with Crippen LogP contribution in [0.5, 0.6) is 0 Å². The average molecular weight is 532 g/mol. The van der Waals surface area contributed by atoms with Gasteiger partial charge in [-0.3, -0.25) is 4.79 Å². The maximum absolute atomic E-state index is 13.6. The molecule has 1 aliphatic carbocycles. The number of aromatic nitrogens is 4. The molecule has 1 atom stereocenters. The number of sulfone groups is 1. The molecule has 0 saturated heterocycles. The lowest BCUT2D eigenvalue weighted by atomic mass is 10.3. The summed E-state index contributed by atoms with van der Waals surface area (Å²) in [5.74, 6) is -0.365. The van der Waals surface area contributed by atoms with E-state index in [9.17, 15) is 30.6 Å². The van der Waals surface area contributed by atoms with E-state index in [0.29, 0.717) is 4.57 Å². The third-order valence-electron chi connectivity index (χ3n) is 5.93. The zero-order chi connectivity index (χ0) is 25.9. The Kier molecular flexibility index (Phi) is 6.11. The second-order valence-corrected chi connectivity index (χ2v) is 13.2. The van der Waals surface area contributed by atoms with Crippen LogP contribution in [0, 0.1) is 0 Å². The standard InChI is InChI=1S/C21H24F3N5O4S2/c1-5-29-15(21(22,23)24)11-13-18(20(29)30)28(3)19(25-13)17-14(35(32,33)6-2)9-10-16(26-17)27-34(4,31)12-7-8-12/h9-12H,5-8H2,1-4H3. The highest BCUT2D eigenvalue weighted by molar-refractivity contribution is 7.94. The van der Waals surface area contributed by atoms with E-state index in [-0.39, 0.29) is 50.8 Å². The summed E-state index contributed by atoms with van der Waals surface area (Å²) in [6.07, 6.45) is -1.75. The summed E-state index contributed by atoms with van der Waals surface area (Å²) in [5.41, 5.74) is -2.62. The lowest BCUT2D eigenvalue weighted by molar-refractivity contribution is -0.144. The smallest absolute Gasteiger partial charge is 0.321 e. The van der Waals surface area contributed by atoms with Crippen LogP contribution >= 0.6 is 0 Å². The van der Waals surface area contributed by atoms with Crippen molar-refractivity contribution in [2.24, 2.45) is 11.4 Å². The first kappa shape index (κ1) is 25.4. The van der Waals surface area contributed by atoms with Crippen LogP contribution in [-0.2, 0) is 39.3 Å². The fraction of sp³-hybridized carbons (Fsp3) is 0.476. The molecule has 0 radical (unpaired) electrons. The molecule has 1 fully saturated rings. The highest BCUT2D eigenvalue weighted by Gasteiger charge is 2.36. The second-order valence-electron chi connectivity index (χ2n) is 8.38. The van der Waals surface area contributed by atoms with Crippen LogP contribution < -0.4 is 5.56 Å². The minimum atomic E-state index is -4.79. The average Bonchev–Trinajstić information content (AvgIpc) is 3.57. The predicted octanol–water partition coefficient (Wildman–Crippen LogP) is 3.52. The van der Waals surface area contributed by atoms with Crippen molar-refractivity contribution < 1.29 is 25.8 Å². The van der Waals surface area contributed by atoms with Crippen molar-refractivity contribution in [3.8, 4) is 11.5 Å². The van der Waals surface area contributed by atoms with E-state index in [2.05, 4.69) is 14.3 Å². The Labute approximate surface area is 200 Å². The van der Waals surface area contributed by atoms with Gasteiger partial charge in [-0.05, 0) is 38.0 Å². The summed E-state index contributed by atoms with van der Waals surface area (Å²) in [6, 6.07) is 3.37. The van der Waals surface area contributed by atoms with Gasteiger partial charge >= 0.3 is 6.18 Å². The lowest BCUT2D eigenvalue weighted by Crippen LogP contribution is -2.28. The van der Waals surface area contributed by atoms with Crippen molar-refractivity contribution >= 4 is 36.4 Å². The van der Waals surface area contributed by atoms with Crippen LogP contribution in [0.3, 0.4) is 0 Å². The number of aryl methyl sites for hydroxylation is 1. The number of hydrogen-bond donors (Lipinski definition) is 0. The van der Waals surface area contributed by atoms with Gasteiger partial charge in [0.1, 0.15) is 16.9 Å². The van der Waals surface area contributed by atoms with Crippen LogP contribution in [-0.4, -0.2) is 49.0 Å². The Balaban J connectivity index is 2.05. The van der Waals surface area contributed by atoms with Gasteiger partial charge in [0.15, 0.2) is 21.5 Å². The molecule has 0 aromatic carbocycles. The number of imidazole rings is 1. The second kappa shape index (κ2) is 8.43. The number of rotatable bonds is 6. The highest BCUT2D eigenvalue weighted by Crippen LogP contribution is 2.35. The molecule has 14 heteroatoms. The molecule has 35 heavy (non-hydrogen) atoms. The number of fused-ring (bicyclic) bond motifs is 1. The van der Waals surface area contributed by atoms with E-state index in [1.807, 2.05) is 0 Å². The van der Waals surface area contributed by atoms with Crippen molar-refractivity contribution in [2.75, 3.05) is 12.0 Å². The van der Waals surface area contributed by atoms with E-state index in [4.69, 9.17) is 0 Å². The Morgan fingerprint density at radius 2 is 1.80 bits per heavy atom. The molecule has 0 aliphatic heterocycles. The minimum Gasteiger partial charge on any atom is -0.321 e. The summed E-state index contributed by atoms with van der Waals surface area (Å²) in [6.45, 7) is 2.63. The molecule has 3 heterocycles. The molecule has 0 N–H and O–H groups in total. The molecular formula is C21H24F3N5O4S2. The molecular weight excluding hydrogens is 507 g/mol. The monoisotopic (exact) mass is 531 g/mol. The fourth-order valence-electron chi connectivity index (χ4n) is 3.90. The Hall–Kier alpha value is -2.74. The molecule has 1 unspecified atom stereocenters. The topological polar surface area (TPSA) is 116 Å². The maximum atomic E-state index is 13.6. The Morgan fingerprint density at radius 1 is 1.14 bits per heavy atom. The van der Waals surface area contributed by atoms with E-state index < -0.39 is 37.0 Å². The molecule has 1 aliphatic rings. The fourth-order valence-corrected chi connectivity index (χ4v) is 6.55. The zero-order valence-corrected chi connectivity index (χ0v) is 21.1. The normalized spacial score (nSPS) is 16.4. The first-order valence-electron chi connectivity index (χ1n) is 10.8. The van der Waals surface area contributed by atoms with Crippen LogP contribution in [0.25, 0.3) is 22.6 Å². The number of halogens is 3. The minimum absolute atomic E-state index is 0.0171. The highest BCUT2D eigenvalue weighted by atomic mass is 32.2. The quantitative estimate of drug-likeness (QED) is 0.481. The maximum Gasteiger partial charge on any atom is 0.431 e. The molecule has 0 amide bonds. The van der Waals surface area contributed by atoms with Gasteiger partial charge < -0.3 is 9.13 Å². The largest absolute Gasteiger partial charge is 0.431 e. The predicted molar refractivity (Wildman–Crippen MR) is 126 cm³/mol. The van der Waals surface area contributed by atoms with Gasteiger partial charge in [-0.1, -0.05) is 6.92 Å². The van der Waals surface area contributed by atoms with Gasteiger partial charge in [0.05, 0.1) is 25.9 Å². The number of pyridine rings is 2. The van der Waals surface area contributed by atoms with E-state index >= 15 is 0 Å². The third-order valence-corrected chi connectivity index (χ3v) is 9.95. The first-order valence-corrected chi connectivity index (χ1v) is 14.5. The summed E-state index contributed by atoms with van der Waals surface area (Å²) >= 11 is 0. The molecule has 0 bridgehead atoms. The van der Waals surface area contributed by atoms with Crippen molar-refractivity contribution in [3.63, 3.8) is 0 Å². The van der Waals surface area contributed by atoms with Crippen LogP contribution in [0.2, 0.25) is 0 Å². The molecule has 4 rings (SSSR count). The number of alkyl halides is 3. The first-order chi connectivity index (χ1) is 16.2. The Morgan fingerprint density at radius 3 is 2.34 bits per heavy atom. The summed E-state index contributed by atoms with van der Waals surface area (Å²) in [4.78, 5) is 21.3.